The zero-order valence-corrected chi connectivity index (χ0v) is 12.3. The van der Waals surface area contributed by atoms with Crippen LogP contribution in [0.5, 0.6) is 0 Å². The molecule has 0 fully saturated rings. The first-order chi connectivity index (χ1) is 9.95. The summed E-state index contributed by atoms with van der Waals surface area (Å²) in [7, 11) is 0. The van der Waals surface area contributed by atoms with Gasteiger partial charge in [-0.15, -0.1) is 0 Å². The van der Waals surface area contributed by atoms with Gasteiger partial charge in [0.05, 0.1) is 0 Å². The van der Waals surface area contributed by atoms with E-state index >= 15 is 0 Å². The molecule has 0 saturated carbocycles. The Labute approximate surface area is 123 Å². The lowest BCUT2D eigenvalue weighted by atomic mass is 9.90. The summed E-state index contributed by atoms with van der Waals surface area (Å²) in [6, 6.07) is 6.60. The van der Waals surface area contributed by atoms with Crippen molar-refractivity contribution >= 4 is 17.5 Å². The largest absolute Gasteiger partial charge is 0.378 e. The smallest absolute Gasteiger partial charge is 0.224 e. The van der Waals surface area contributed by atoms with Gasteiger partial charge in [0.15, 0.2) is 0 Å². The molecular formula is C16H18N2O3. The van der Waals surface area contributed by atoms with Crippen molar-refractivity contribution in [3.8, 4) is 0 Å². The van der Waals surface area contributed by atoms with Gasteiger partial charge in [-0.2, -0.15) is 0 Å². The van der Waals surface area contributed by atoms with Crippen molar-refractivity contribution in [2.24, 2.45) is 0 Å². The Morgan fingerprint density at radius 3 is 2.05 bits per heavy atom. The van der Waals surface area contributed by atoms with Crippen molar-refractivity contribution in [2.45, 2.75) is 33.2 Å². The number of Topliss-reactive ketones (excluding diaryl/α,β-unsaturated/α-hetero) is 2. The molecule has 1 aliphatic carbocycles. The number of carbonyl (C=O) groups is 3. The number of allylic oxidation sites excluding steroid dienone is 2. The number of hydrogen-bond donors (Lipinski definition) is 2. The second-order valence-electron chi connectivity index (χ2n) is 5.15. The van der Waals surface area contributed by atoms with Crippen LogP contribution in [0.25, 0.3) is 0 Å². The van der Waals surface area contributed by atoms with Crippen LogP contribution in [-0.4, -0.2) is 23.5 Å². The summed E-state index contributed by atoms with van der Waals surface area (Å²) in [5.41, 5.74) is 0.887. The first kappa shape index (κ1) is 15.0. The van der Waals surface area contributed by atoms with E-state index in [1.165, 1.54) is 0 Å². The minimum absolute atomic E-state index is 0.0319. The van der Waals surface area contributed by atoms with E-state index in [0.29, 0.717) is 11.1 Å². The molecule has 5 nitrogen and oxygen atoms in total. The number of hydrogen-bond acceptors (Lipinski definition) is 4. The topological polar surface area (TPSA) is 75.3 Å². The van der Waals surface area contributed by atoms with E-state index in [0.717, 1.165) is 0 Å². The number of fused-ring (bicyclic) bond motifs is 1. The molecule has 110 valence electrons. The fourth-order valence-corrected chi connectivity index (χ4v) is 2.15. The summed E-state index contributed by atoms with van der Waals surface area (Å²) in [6.45, 7) is 5.42. The van der Waals surface area contributed by atoms with Gasteiger partial charge in [-0.1, -0.05) is 31.2 Å². The van der Waals surface area contributed by atoms with E-state index in [-0.39, 0.29) is 41.3 Å². The molecule has 0 spiro atoms. The average molecular weight is 286 g/mol. The van der Waals surface area contributed by atoms with Crippen molar-refractivity contribution in [1.82, 2.24) is 10.6 Å². The summed E-state index contributed by atoms with van der Waals surface area (Å²) in [6.07, 6.45) is 0.238. The van der Waals surface area contributed by atoms with Gasteiger partial charge in [0, 0.05) is 23.6 Å². The van der Waals surface area contributed by atoms with Gasteiger partial charge in [0.25, 0.3) is 0 Å². The highest BCUT2D eigenvalue weighted by atomic mass is 16.2. The Bertz CT molecular complexity index is 645. The Hall–Kier alpha value is -2.43. The first-order valence-electron chi connectivity index (χ1n) is 6.94. The van der Waals surface area contributed by atoms with E-state index < -0.39 is 0 Å². The van der Waals surface area contributed by atoms with Crippen LogP contribution in [0.15, 0.2) is 35.7 Å². The lowest BCUT2D eigenvalue weighted by Crippen LogP contribution is -2.40. The fourth-order valence-electron chi connectivity index (χ4n) is 2.15. The highest BCUT2D eigenvalue weighted by Crippen LogP contribution is 2.24. The Morgan fingerprint density at radius 2 is 1.57 bits per heavy atom. The Kier molecular flexibility index (Phi) is 4.21. The van der Waals surface area contributed by atoms with Gasteiger partial charge in [0.2, 0.25) is 17.5 Å². The average Bonchev–Trinajstić information content (AvgIpc) is 2.47. The van der Waals surface area contributed by atoms with Gasteiger partial charge in [-0.25, -0.2) is 0 Å². The highest BCUT2D eigenvalue weighted by Gasteiger charge is 2.33. The van der Waals surface area contributed by atoms with E-state index in [1.807, 2.05) is 13.8 Å². The molecule has 0 heterocycles. The van der Waals surface area contributed by atoms with E-state index in [9.17, 15) is 14.4 Å². The van der Waals surface area contributed by atoms with Crippen LogP contribution in [0.4, 0.5) is 0 Å². The predicted molar refractivity (Wildman–Crippen MR) is 78.8 cm³/mol. The van der Waals surface area contributed by atoms with Crippen molar-refractivity contribution in [2.75, 3.05) is 0 Å². The molecule has 1 amide bonds. The molecule has 1 aliphatic rings. The summed E-state index contributed by atoms with van der Waals surface area (Å²) in [5.74, 6) is -0.908. The minimum atomic E-state index is -0.338. The third-order valence-electron chi connectivity index (χ3n) is 3.14. The number of rotatable bonds is 4. The molecule has 0 saturated heterocycles. The maximum Gasteiger partial charge on any atom is 0.224 e. The first-order valence-corrected chi connectivity index (χ1v) is 6.94. The summed E-state index contributed by atoms with van der Waals surface area (Å²) < 4.78 is 0. The zero-order valence-electron chi connectivity index (χ0n) is 12.3. The van der Waals surface area contributed by atoms with Gasteiger partial charge < -0.3 is 10.6 Å². The third-order valence-corrected chi connectivity index (χ3v) is 3.14. The summed E-state index contributed by atoms with van der Waals surface area (Å²) in [4.78, 5) is 36.7. The zero-order chi connectivity index (χ0) is 15.6. The molecule has 5 heteroatoms. The summed E-state index contributed by atoms with van der Waals surface area (Å²) >= 11 is 0. The normalized spacial score (nSPS) is 14.3. The molecule has 2 rings (SSSR count). The molecule has 2 N–H and O–H groups in total. The lowest BCUT2D eigenvalue weighted by Gasteiger charge is -2.23. The SMILES string of the molecule is CCC(=O)NC1=C(NC(C)C)C(=O)c2ccccc2C1=O. The van der Waals surface area contributed by atoms with Crippen LogP contribution in [0.2, 0.25) is 0 Å². The van der Waals surface area contributed by atoms with Crippen molar-refractivity contribution < 1.29 is 14.4 Å². The number of benzene rings is 1. The van der Waals surface area contributed by atoms with Crippen LogP contribution >= 0.6 is 0 Å². The third kappa shape index (κ3) is 2.86. The van der Waals surface area contributed by atoms with Crippen LogP contribution in [-0.2, 0) is 4.79 Å². The summed E-state index contributed by atoms with van der Waals surface area (Å²) in [5, 5.41) is 5.53. The number of nitrogens with one attached hydrogen (secondary N) is 2. The molecule has 1 aromatic carbocycles. The highest BCUT2D eigenvalue weighted by molar-refractivity contribution is 6.27. The molecule has 0 aromatic heterocycles. The standard InChI is InChI=1S/C16H18N2O3/c1-4-12(19)18-14-13(17-9(2)3)15(20)10-7-5-6-8-11(10)16(14)21/h5-9,17H,4H2,1-3H3,(H,18,19). The molecular weight excluding hydrogens is 268 g/mol. The molecule has 1 aromatic rings. The molecule has 0 unspecified atom stereocenters. The van der Waals surface area contributed by atoms with Crippen LogP contribution < -0.4 is 10.6 Å². The van der Waals surface area contributed by atoms with Crippen molar-refractivity contribution in [3.05, 3.63) is 46.8 Å². The minimum Gasteiger partial charge on any atom is -0.378 e. The lowest BCUT2D eigenvalue weighted by molar-refractivity contribution is -0.120. The molecule has 0 radical (unpaired) electrons. The van der Waals surface area contributed by atoms with Crippen molar-refractivity contribution in [1.29, 1.82) is 0 Å². The fraction of sp³-hybridized carbons (Fsp3) is 0.312. The molecule has 0 aliphatic heterocycles. The predicted octanol–water partition coefficient (Wildman–Crippen LogP) is 1.80. The number of ketones is 2. The van der Waals surface area contributed by atoms with Gasteiger partial charge in [-0.05, 0) is 13.8 Å². The maximum atomic E-state index is 12.6. The monoisotopic (exact) mass is 286 g/mol. The second-order valence-corrected chi connectivity index (χ2v) is 5.15. The van der Waals surface area contributed by atoms with Gasteiger partial charge in [-0.3, -0.25) is 14.4 Å². The van der Waals surface area contributed by atoms with E-state index in [4.69, 9.17) is 0 Å². The Morgan fingerprint density at radius 1 is 1.05 bits per heavy atom. The second kappa shape index (κ2) is 5.91. The van der Waals surface area contributed by atoms with Crippen molar-refractivity contribution in [3.63, 3.8) is 0 Å². The van der Waals surface area contributed by atoms with Gasteiger partial charge in [0.1, 0.15) is 11.4 Å². The molecule has 0 bridgehead atoms. The molecule has 21 heavy (non-hydrogen) atoms. The number of carbonyl (C=O) groups excluding carboxylic acids is 3. The van der Waals surface area contributed by atoms with E-state index in [2.05, 4.69) is 10.6 Å². The van der Waals surface area contributed by atoms with Crippen LogP contribution in [0.3, 0.4) is 0 Å². The molecule has 0 atom stereocenters. The van der Waals surface area contributed by atoms with Crippen LogP contribution in [0.1, 0.15) is 47.9 Å². The quantitative estimate of drug-likeness (QED) is 0.885. The number of amides is 1. The van der Waals surface area contributed by atoms with Gasteiger partial charge >= 0.3 is 0 Å². The van der Waals surface area contributed by atoms with Crippen LogP contribution in [0, 0.1) is 0 Å². The van der Waals surface area contributed by atoms with E-state index in [1.54, 1.807) is 31.2 Å². The maximum absolute atomic E-state index is 12.6. The Balaban J connectivity index is 2.54.